The van der Waals surface area contributed by atoms with Gasteiger partial charge in [0.2, 0.25) is 5.91 Å². The van der Waals surface area contributed by atoms with Crippen LogP contribution in [0.15, 0.2) is 29.7 Å². The Hall–Kier alpha value is -2.45. The van der Waals surface area contributed by atoms with Crippen molar-refractivity contribution < 1.29 is 4.79 Å². The molecule has 3 heterocycles. The number of amides is 1. The Bertz CT molecular complexity index is 1180. The Balaban J connectivity index is 1.55. The van der Waals surface area contributed by atoms with Crippen molar-refractivity contribution in [1.29, 1.82) is 0 Å². The fraction of sp³-hybridized carbons (Fsp3) is 0.263. The lowest BCUT2D eigenvalue weighted by molar-refractivity contribution is -0.113. The minimum atomic E-state index is -0.0676. The summed E-state index contributed by atoms with van der Waals surface area (Å²) >= 11 is 3.02. The first-order valence-electron chi connectivity index (χ1n) is 8.54. The van der Waals surface area contributed by atoms with Crippen LogP contribution in [0.3, 0.4) is 0 Å². The maximum absolute atomic E-state index is 12.4. The van der Waals surface area contributed by atoms with Crippen molar-refractivity contribution in [3.05, 3.63) is 46.1 Å². The molecule has 8 heteroatoms. The van der Waals surface area contributed by atoms with Gasteiger partial charge < -0.3 is 5.32 Å². The van der Waals surface area contributed by atoms with Crippen LogP contribution in [0.2, 0.25) is 0 Å². The Labute approximate surface area is 165 Å². The summed E-state index contributed by atoms with van der Waals surface area (Å²) in [4.78, 5) is 19.1. The number of benzene rings is 1. The topological polar surface area (TPSA) is 72.2 Å². The van der Waals surface area contributed by atoms with Crippen molar-refractivity contribution in [1.82, 2.24) is 19.6 Å². The summed E-state index contributed by atoms with van der Waals surface area (Å²) in [6.45, 7) is 8.20. The molecule has 3 aromatic heterocycles. The minimum absolute atomic E-state index is 0.0676. The third-order valence-electron chi connectivity index (χ3n) is 4.76. The number of carbonyl (C=O) groups is 1. The number of thiophene rings is 1. The number of anilines is 1. The molecule has 4 rings (SSSR count). The number of hydrogen-bond donors (Lipinski definition) is 1. The van der Waals surface area contributed by atoms with Gasteiger partial charge in [-0.2, -0.15) is 0 Å². The van der Waals surface area contributed by atoms with Crippen LogP contribution in [0, 0.1) is 27.7 Å². The number of nitrogens with zero attached hydrogens (tertiary/aromatic N) is 4. The van der Waals surface area contributed by atoms with Crippen molar-refractivity contribution in [3.63, 3.8) is 0 Å². The van der Waals surface area contributed by atoms with E-state index in [1.165, 1.54) is 22.2 Å². The van der Waals surface area contributed by atoms with Crippen molar-refractivity contribution in [2.75, 3.05) is 11.1 Å². The molecule has 0 atom stereocenters. The number of hydrogen-bond acceptors (Lipinski definition) is 6. The second kappa shape index (κ2) is 6.94. The maximum Gasteiger partial charge on any atom is 0.234 e. The molecule has 27 heavy (non-hydrogen) atoms. The van der Waals surface area contributed by atoms with E-state index >= 15 is 0 Å². The maximum atomic E-state index is 12.4. The third-order valence-corrected chi connectivity index (χ3v) is 6.81. The summed E-state index contributed by atoms with van der Waals surface area (Å²) in [5.41, 5.74) is 5.06. The molecule has 0 saturated heterocycles. The predicted molar refractivity (Wildman–Crippen MR) is 111 cm³/mol. The molecule has 0 bridgehead atoms. The fourth-order valence-electron chi connectivity index (χ4n) is 2.93. The van der Waals surface area contributed by atoms with E-state index in [1.54, 1.807) is 17.7 Å². The second-order valence-corrected chi connectivity index (χ2v) is 8.61. The van der Waals surface area contributed by atoms with Gasteiger partial charge in [0.25, 0.3) is 0 Å². The van der Waals surface area contributed by atoms with Gasteiger partial charge in [0.15, 0.2) is 10.8 Å². The van der Waals surface area contributed by atoms with E-state index in [4.69, 9.17) is 0 Å². The molecule has 0 fully saturated rings. The molecule has 0 spiro atoms. The summed E-state index contributed by atoms with van der Waals surface area (Å²) in [5.74, 6) is 0.190. The Morgan fingerprint density at radius 2 is 2.00 bits per heavy atom. The normalized spacial score (nSPS) is 11.4. The average Bonchev–Trinajstić information content (AvgIpc) is 3.18. The number of thioether (sulfide) groups is 1. The van der Waals surface area contributed by atoms with E-state index in [9.17, 15) is 4.79 Å². The highest BCUT2D eigenvalue weighted by atomic mass is 32.2. The SMILES string of the molecule is Cc1cccc(NC(=O)CSc2nnc3c4c(C)c(C)sc4ncn23)c1C. The predicted octanol–water partition coefficient (Wildman–Crippen LogP) is 4.30. The Morgan fingerprint density at radius 3 is 2.81 bits per heavy atom. The van der Waals surface area contributed by atoms with E-state index < -0.39 is 0 Å². The summed E-state index contributed by atoms with van der Waals surface area (Å²) in [7, 11) is 0. The lowest BCUT2D eigenvalue weighted by Crippen LogP contribution is -2.15. The highest BCUT2D eigenvalue weighted by Crippen LogP contribution is 2.32. The van der Waals surface area contributed by atoms with E-state index in [-0.39, 0.29) is 11.7 Å². The Morgan fingerprint density at radius 1 is 1.19 bits per heavy atom. The van der Waals surface area contributed by atoms with Crippen LogP contribution in [-0.4, -0.2) is 31.2 Å². The molecule has 0 aliphatic rings. The third kappa shape index (κ3) is 3.19. The highest BCUT2D eigenvalue weighted by molar-refractivity contribution is 7.99. The van der Waals surface area contributed by atoms with Crippen LogP contribution in [0.4, 0.5) is 5.69 Å². The number of aromatic nitrogens is 4. The first kappa shape index (κ1) is 17.9. The largest absolute Gasteiger partial charge is 0.325 e. The van der Waals surface area contributed by atoms with Crippen LogP contribution < -0.4 is 5.32 Å². The quantitative estimate of drug-likeness (QED) is 0.520. The molecule has 6 nitrogen and oxygen atoms in total. The zero-order valence-corrected chi connectivity index (χ0v) is 17.2. The molecule has 0 saturated carbocycles. The summed E-state index contributed by atoms with van der Waals surface area (Å²) < 4.78 is 1.86. The van der Waals surface area contributed by atoms with E-state index in [1.807, 2.05) is 36.4 Å². The highest BCUT2D eigenvalue weighted by Gasteiger charge is 2.16. The van der Waals surface area contributed by atoms with E-state index in [0.717, 1.165) is 32.7 Å². The number of aryl methyl sites for hydroxylation is 3. The van der Waals surface area contributed by atoms with E-state index in [2.05, 4.69) is 34.3 Å². The number of carbonyl (C=O) groups excluding carboxylic acids is 1. The van der Waals surface area contributed by atoms with Gasteiger partial charge in [0, 0.05) is 10.6 Å². The van der Waals surface area contributed by atoms with Gasteiger partial charge in [-0.1, -0.05) is 23.9 Å². The zero-order chi connectivity index (χ0) is 19.1. The van der Waals surface area contributed by atoms with Crippen molar-refractivity contribution in [2.45, 2.75) is 32.9 Å². The molecule has 0 unspecified atom stereocenters. The molecule has 0 aliphatic carbocycles. The molecule has 1 amide bonds. The lowest BCUT2D eigenvalue weighted by Gasteiger charge is -2.09. The van der Waals surface area contributed by atoms with Gasteiger partial charge >= 0.3 is 0 Å². The van der Waals surface area contributed by atoms with Crippen LogP contribution in [0.5, 0.6) is 0 Å². The smallest absolute Gasteiger partial charge is 0.234 e. The fourth-order valence-corrected chi connectivity index (χ4v) is 4.62. The van der Waals surface area contributed by atoms with E-state index in [0.29, 0.717) is 5.16 Å². The van der Waals surface area contributed by atoms with Crippen molar-refractivity contribution >= 4 is 50.6 Å². The molecule has 1 aromatic carbocycles. The summed E-state index contributed by atoms with van der Waals surface area (Å²) in [5, 5.41) is 13.3. The molecule has 1 N–H and O–H groups in total. The first-order chi connectivity index (χ1) is 13.0. The second-order valence-electron chi connectivity index (χ2n) is 6.47. The molecule has 0 aliphatic heterocycles. The molecular formula is C19H19N5OS2. The number of fused-ring (bicyclic) bond motifs is 3. The minimum Gasteiger partial charge on any atom is -0.325 e. The van der Waals surface area contributed by atoms with Gasteiger partial charge in [-0.25, -0.2) is 4.98 Å². The standard InChI is InChI=1S/C19H19N5OS2/c1-10-6-5-7-14(11(10)2)21-15(25)8-26-19-23-22-17-16-12(3)13(4)27-18(16)20-9-24(17)19/h5-7,9H,8H2,1-4H3,(H,21,25). The molecule has 0 radical (unpaired) electrons. The van der Waals surface area contributed by atoms with Crippen LogP contribution in [-0.2, 0) is 4.79 Å². The van der Waals surface area contributed by atoms with Gasteiger partial charge in [-0.3, -0.25) is 9.20 Å². The summed E-state index contributed by atoms with van der Waals surface area (Å²) in [6.07, 6.45) is 1.73. The first-order valence-corrected chi connectivity index (χ1v) is 10.3. The number of rotatable bonds is 4. The molecule has 4 aromatic rings. The molecular weight excluding hydrogens is 378 g/mol. The van der Waals surface area contributed by atoms with Crippen molar-refractivity contribution in [2.24, 2.45) is 0 Å². The zero-order valence-electron chi connectivity index (χ0n) is 15.5. The van der Waals surface area contributed by atoms with Crippen LogP contribution in [0.25, 0.3) is 15.9 Å². The van der Waals surface area contributed by atoms with Crippen molar-refractivity contribution in [3.8, 4) is 0 Å². The van der Waals surface area contributed by atoms with Gasteiger partial charge in [0.05, 0.1) is 11.1 Å². The Kier molecular flexibility index (Phi) is 4.61. The number of nitrogens with one attached hydrogen (secondary N) is 1. The van der Waals surface area contributed by atoms with Gasteiger partial charge in [-0.15, -0.1) is 21.5 Å². The monoisotopic (exact) mass is 397 g/mol. The van der Waals surface area contributed by atoms with Gasteiger partial charge in [-0.05, 0) is 50.5 Å². The average molecular weight is 398 g/mol. The van der Waals surface area contributed by atoms with Crippen LogP contribution >= 0.6 is 23.1 Å². The summed E-state index contributed by atoms with van der Waals surface area (Å²) in [6, 6.07) is 5.89. The molecule has 138 valence electrons. The van der Waals surface area contributed by atoms with Crippen LogP contribution in [0.1, 0.15) is 21.6 Å². The lowest BCUT2D eigenvalue weighted by atomic mass is 10.1. The van der Waals surface area contributed by atoms with Gasteiger partial charge in [0.1, 0.15) is 11.2 Å².